The van der Waals surface area contributed by atoms with Crippen LogP contribution < -0.4 is 9.62 Å². The van der Waals surface area contributed by atoms with Crippen LogP contribution in [-0.2, 0) is 14.8 Å². The average molecular weight is 463 g/mol. The second-order valence-electron chi connectivity index (χ2n) is 6.44. The van der Waals surface area contributed by atoms with Gasteiger partial charge in [0.15, 0.2) is 4.34 Å². The van der Waals surface area contributed by atoms with Gasteiger partial charge in [0.05, 0.1) is 11.9 Å². The van der Waals surface area contributed by atoms with Crippen LogP contribution in [0.2, 0.25) is 5.02 Å². The molecule has 7 nitrogen and oxygen atoms in total. The van der Waals surface area contributed by atoms with Crippen LogP contribution in [0.15, 0.2) is 22.5 Å². The van der Waals surface area contributed by atoms with Crippen LogP contribution in [0.25, 0.3) is 0 Å². The first kappa shape index (κ1) is 22.9. The normalized spacial score (nSPS) is 12.8. The van der Waals surface area contributed by atoms with Gasteiger partial charge in [-0.15, -0.1) is 10.2 Å². The molecule has 0 saturated carbocycles. The molecule has 0 aliphatic rings. The van der Waals surface area contributed by atoms with Crippen LogP contribution in [0.5, 0.6) is 0 Å². The van der Waals surface area contributed by atoms with Crippen molar-refractivity contribution in [3.63, 3.8) is 0 Å². The zero-order valence-electron chi connectivity index (χ0n) is 16.3. The summed E-state index contributed by atoms with van der Waals surface area (Å²) in [6.07, 6.45) is 1.35. The first-order chi connectivity index (χ1) is 13.0. The van der Waals surface area contributed by atoms with Crippen LogP contribution in [0.3, 0.4) is 0 Å². The first-order valence-corrected chi connectivity index (χ1v) is 12.5. The van der Waals surface area contributed by atoms with Gasteiger partial charge in [-0.2, -0.15) is 0 Å². The van der Waals surface area contributed by atoms with E-state index in [1.54, 1.807) is 43.8 Å². The van der Waals surface area contributed by atoms with E-state index in [-0.39, 0.29) is 6.42 Å². The molecule has 0 fully saturated rings. The van der Waals surface area contributed by atoms with Gasteiger partial charge in [-0.3, -0.25) is 14.4 Å². The van der Waals surface area contributed by atoms with Crippen LogP contribution in [-0.4, -0.2) is 42.1 Å². The van der Waals surface area contributed by atoms with Crippen LogP contribution in [0, 0.1) is 6.92 Å². The fourth-order valence-electron chi connectivity index (χ4n) is 2.55. The minimum atomic E-state index is -3.74. The Kier molecular flexibility index (Phi) is 7.72. The fraction of sp³-hybridized carbons (Fsp3) is 0.471. The molecule has 2 rings (SSSR count). The van der Waals surface area contributed by atoms with Crippen LogP contribution in [0.1, 0.15) is 32.8 Å². The highest BCUT2D eigenvalue weighted by Gasteiger charge is 2.33. The third kappa shape index (κ3) is 5.82. The molecule has 11 heteroatoms. The summed E-state index contributed by atoms with van der Waals surface area (Å²) in [5, 5.41) is 11.8. The van der Waals surface area contributed by atoms with Crippen molar-refractivity contribution in [2.75, 3.05) is 15.9 Å². The van der Waals surface area contributed by atoms with Crippen LogP contribution in [0.4, 0.5) is 10.8 Å². The van der Waals surface area contributed by atoms with Gasteiger partial charge in [-0.1, -0.05) is 61.5 Å². The quantitative estimate of drug-likeness (QED) is 0.467. The maximum atomic E-state index is 12.9. The number of amides is 1. The highest BCUT2D eigenvalue weighted by Crippen LogP contribution is 2.31. The van der Waals surface area contributed by atoms with E-state index in [1.165, 1.54) is 11.3 Å². The molecule has 28 heavy (non-hydrogen) atoms. The van der Waals surface area contributed by atoms with Gasteiger partial charge in [0.25, 0.3) is 0 Å². The Morgan fingerprint density at radius 1 is 1.36 bits per heavy atom. The van der Waals surface area contributed by atoms with E-state index in [0.717, 1.165) is 14.9 Å². The molecule has 0 radical (unpaired) electrons. The number of rotatable bonds is 8. The summed E-state index contributed by atoms with van der Waals surface area (Å²) < 4.78 is 27.0. The SMILES string of the molecule is CC[C@H](C(=O)Nc1nnc(SC(C)C)s1)N(c1cc(Cl)ccc1C)S(C)(=O)=O. The van der Waals surface area contributed by atoms with Crippen LogP contribution >= 0.6 is 34.7 Å². The van der Waals surface area contributed by atoms with E-state index < -0.39 is 22.0 Å². The van der Waals surface area contributed by atoms with Gasteiger partial charge in [-0.05, 0) is 31.0 Å². The van der Waals surface area contributed by atoms with Crippen molar-refractivity contribution in [3.05, 3.63) is 28.8 Å². The fourth-order valence-corrected chi connectivity index (χ4v) is 5.96. The molecule has 2 aromatic rings. The number of aromatic nitrogens is 2. The summed E-state index contributed by atoms with van der Waals surface area (Å²) in [5.74, 6) is -0.468. The molecule has 1 aromatic carbocycles. The van der Waals surface area contributed by atoms with Crippen molar-refractivity contribution in [2.24, 2.45) is 0 Å². The molecule has 1 atom stereocenters. The van der Waals surface area contributed by atoms with E-state index in [4.69, 9.17) is 11.6 Å². The third-order valence-corrected chi connectivity index (χ3v) is 7.04. The number of thioether (sulfide) groups is 1. The maximum Gasteiger partial charge on any atom is 0.250 e. The van der Waals surface area contributed by atoms with Gasteiger partial charge in [-0.25, -0.2) is 8.42 Å². The van der Waals surface area contributed by atoms with Crippen molar-refractivity contribution in [2.45, 2.75) is 49.7 Å². The number of anilines is 2. The van der Waals surface area contributed by atoms with E-state index in [1.807, 2.05) is 13.8 Å². The molecule has 1 amide bonds. The van der Waals surface area contributed by atoms with Gasteiger partial charge in [0, 0.05) is 10.3 Å². The number of halogens is 1. The number of hydrogen-bond donors (Lipinski definition) is 1. The highest BCUT2D eigenvalue weighted by molar-refractivity contribution is 8.01. The molecule has 1 heterocycles. The Balaban J connectivity index is 2.34. The standard InChI is InChI=1S/C17H23ClN4O3S3/c1-6-13(15(23)19-16-20-21-17(27-16)26-10(2)3)22(28(5,24)25)14-9-12(18)8-7-11(14)4/h7-10,13H,6H2,1-5H3,(H,19,20,23)/t13-/m1/s1. The number of carbonyl (C=O) groups is 1. The lowest BCUT2D eigenvalue weighted by Gasteiger charge is -2.31. The molecule has 1 N–H and O–H groups in total. The summed E-state index contributed by atoms with van der Waals surface area (Å²) in [5.41, 5.74) is 1.08. The van der Waals surface area contributed by atoms with Crippen molar-refractivity contribution in [1.82, 2.24) is 10.2 Å². The zero-order valence-corrected chi connectivity index (χ0v) is 19.5. The number of nitrogens with zero attached hydrogens (tertiary/aromatic N) is 3. The summed E-state index contributed by atoms with van der Waals surface area (Å²) in [6.45, 7) is 7.60. The predicted molar refractivity (Wildman–Crippen MR) is 117 cm³/mol. The van der Waals surface area contributed by atoms with Gasteiger partial charge in [0.2, 0.25) is 21.1 Å². The van der Waals surface area contributed by atoms with E-state index in [2.05, 4.69) is 15.5 Å². The molecule has 0 bridgehead atoms. The summed E-state index contributed by atoms with van der Waals surface area (Å²) >= 11 is 8.87. The molecule has 1 aromatic heterocycles. The van der Waals surface area contributed by atoms with Gasteiger partial charge >= 0.3 is 0 Å². The van der Waals surface area contributed by atoms with Crippen molar-refractivity contribution >= 4 is 61.4 Å². The van der Waals surface area contributed by atoms with E-state index in [9.17, 15) is 13.2 Å². The Morgan fingerprint density at radius 2 is 2.04 bits per heavy atom. The highest BCUT2D eigenvalue weighted by atomic mass is 35.5. The van der Waals surface area contributed by atoms with E-state index >= 15 is 0 Å². The number of benzene rings is 1. The summed E-state index contributed by atoms with van der Waals surface area (Å²) in [7, 11) is -3.74. The largest absolute Gasteiger partial charge is 0.299 e. The number of aryl methyl sites for hydroxylation is 1. The monoisotopic (exact) mass is 462 g/mol. The van der Waals surface area contributed by atoms with Gasteiger partial charge < -0.3 is 0 Å². The lowest BCUT2D eigenvalue weighted by molar-refractivity contribution is -0.117. The molecular formula is C17H23ClN4O3S3. The Labute approximate surface area is 178 Å². The Hall–Kier alpha value is -1.36. The predicted octanol–water partition coefficient (Wildman–Crippen LogP) is 4.18. The molecular weight excluding hydrogens is 440 g/mol. The minimum Gasteiger partial charge on any atom is -0.299 e. The lowest BCUT2D eigenvalue weighted by atomic mass is 10.1. The number of sulfonamides is 1. The van der Waals surface area contributed by atoms with Gasteiger partial charge in [0.1, 0.15) is 6.04 Å². The molecule has 0 saturated heterocycles. The second-order valence-corrected chi connectivity index (χ2v) is 11.5. The topological polar surface area (TPSA) is 92.3 Å². The number of hydrogen-bond acceptors (Lipinski definition) is 7. The molecule has 0 unspecified atom stereocenters. The second kappa shape index (κ2) is 9.43. The average Bonchev–Trinajstić information content (AvgIpc) is 2.99. The number of carbonyl (C=O) groups excluding carboxylic acids is 1. The Bertz CT molecular complexity index is 947. The number of nitrogens with one attached hydrogen (secondary N) is 1. The zero-order chi connectivity index (χ0) is 21.1. The smallest absolute Gasteiger partial charge is 0.250 e. The first-order valence-electron chi connectivity index (χ1n) is 8.59. The van der Waals surface area contributed by atoms with Crippen molar-refractivity contribution in [3.8, 4) is 0 Å². The third-order valence-electron chi connectivity index (χ3n) is 3.71. The summed E-state index contributed by atoms with van der Waals surface area (Å²) in [6, 6.07) is 4.01. The maximum absolute atomic E-state index is 12.9. The molecule has 0 aliphatic heterocycles. The van der Waals surface area contributed by atoms with Crippen molar-refractivity contribution in [1.29, 1.82) is 0 Å². The van der Waals surface area contributed by atoms with E-state index in [0.29, 0.717) is 26.7 Å². The summed E-state index contributed by atoms with van der Waals surface area (Å²) in [4.78, 5) is 12.9. The lowest BCUT2D eigenvalue weighted by Crippen LogP contribution is -2.47. The molecule has 154 valence electrons. The molecule has 0 spiro atoms. The van der Waals surface area contributed by atoms with Crippen molar-refractivity contribution < 1.29 is 13.2 Å². The molecule has 0 aliphatic carbocycles. The Morgan fingerprint density at radius 3 is 2.61 bits per heavy atom. The minimum absolute atomic E-state index is 0.275.